The van der Waals surface area contributed by atoms with Crippen LogP contribution >= 0.6 is 0 Å². The van der Waals surface area contributed by atoms with E-state index in [1.807, 2.05) is 0 Å². The average molecular weight is 511 g/mol. The predicted octanol–water partition coefficient (Wildman–Crippen LogP) is 0.420. The second-order valence-electron chi connectivity index (χ2n) is 6.84. The fraction of sp³-hybridized carbons (Fsp3) is 0.238. The molecular weight excluding hydrogens is 484 g/mol. The van der Waals surface area contributed by atoms with Gasteiger partial charge in [0.1, 0.15) is 5.75 Å². The van der Waals surface area contributed by atoms with Crippen molar-refractivity contribution in [2.24, 2.45) is 16.5 Å². The monoisotopic (exact) mass is 510 g/mol. The Balaban J connectivity index is 0.000000905. The van der Waals surface area contributed by atoms with Crippen molar-refractivity contribution in [3.63, 3.8) is 0 Å². The van der Waals surface area contributed by atoms with Gasteiger partial charge >= 0.3 is 22.3 Å². The largest absolute Gasteiger partial charge is 0.455 e. The summed E-state index contributed by atoms with van der Waals surface area (Å²) < 4.78 is 39.9. The van der Waals surface area contributed by atoms with E-state index in [0.717, 1.165) is 7.11 Å². The second-order valence-corrected chi connectivity index (χ2v) is 8.03. The van der Waals surface area contributed by atoms with E-state index in [9.17, 15) is 22.8 Å². The Morgan fingerprint density at radius 1 is 1.00 bits per heavy atom. The molecule has 2 rings (SSSR count). The summed E-state index contributed by atoms with van der Waals surface area (Å²) in [5.41, 5.74) is 12.1. The van der Waals surface area contributed by atoms with E-state index in [-0.39, 0.29) is 24.9 Å². The SMILES string of the molecule is CN(C)C(=O)COC(=O)Cc1ccc(OC(=O)c2ccc(N=C(N)N)cc2)cc1.COS(=O)(=O)O. The molecule has 13 nitrogen and oxygen atoms in total. The number of amides is 1. The van der Waals surface area contributed by atoms with Crippen LogP contribution in [0.5, 0.6) is 5.75 Å². The van der Waals surface area contributed by atoms with Gasteiger partial charge < -0.3 is 25.8 Å². The Morgan fingerprint density at radius 3 is 2.00 bits per heavy atom. The first-order valence-corrected chi connectivity index (χ1v) is 11.1. The van der Waals surface area contributed by atoms with E-state index in [4.69, 9.17) is 25.5 Å². The van der Waals surface area contributed by atoms with Crippen LogP contribution in [0.3, 0.4) is 0 Å². The Morgan fingerprint density at radius 2 is 1.54 bits per heavy atom. The summed E-state index contributed by atoms with van der Waals surface area (Å²) in [5.74, 6) is -1.12. The number of esters is 2. The molecule has 0 fully saturated rings. The number of aliphatic imine (C=N–C) groups is 1. The summed E-state index contributed by atoms with van der Waals surface area (Å²) in [7, 11) is -0.136. The highest BCUT2D eigenvalue weighted by atomic mass is 32.3. The molecule has 0 unspecified atom stereocenters. The highest BCUT2D eigenvalue weighted by Gasteiger charge is 2.11. The first-order valence-electron chi connectivity index (χ1n) is 9.70. The van der Waals surface area contributed by atoms with Crippen LogP contribution in [0, 0.1) is 0 Å². The standard InChI is InChI=1S/C20H22N4O5.CH4O4S/c1-24(2)17(25)12-28-18(26)11-13-3-9-16(10-4-13)29-19(27)14-5-7-15(8-6-14)23-20(21)22;1-5-6(2,3)4/h3-10H,11-12H2,1-2H3,(H4,21,22,23);1H3,(H,2,3,4). The lowest BCUT2D eigenvalue weighted by Crippen LogP contribution is -2.27. The van der Waals surface area contributed by atoms with Crippen LogP contribution in [0.25, 0.3) is 0 Å². The highest BCUT2D eigenvalue weighted by Crippen LogP contribution is 2.17. The van der Waals surface area contributed by atoms with Gasteiger partial charge in [-0.3, -0.25) is 18.3 Å². The van der Waals surface area contributed by atoms with Crippen LogP contribution in [0.2, 0.25) is 0 Å². The van der Waals surface area contributed by atoms with Gasteiger partial charge in [0, 0.05) is 14.1 Å². The van der Waals surface area contributed by atoms with E-state index in [1.165, 1.54) is 4.90 Å². The molecule has 0 spiro atoms. The predicted molar refractivity (Wildman–Crippen MR) is 125 cm³/mol. The molecule has 5 N–H and O–H groups in total. The third-order valence-corrected chi connectivity index (χ3v) is 4.33. The van der Waals surface area contributed by atoms with E-state index in [0.29, 0.717) is 22.6 Å². The van der Waals surface area contributed by atoms with Crippen LogP contribution in [0.4, 0.5) is 5.69 Å². The molecule has 0 aliphatic carbocycles. The van der Waals surface area contributed by atoms with Gasteiger partial charge in [0.2, 0.25) is 0 Å². The Kier molecular flexibility index (Phi) is 11.3. The molecule has 190 valence electrons. The van der Waals surface area contributed by atoms with Gasteiger partial charge in [-0.15, -0.1) is 0 Å². The molecular formula is C21H26N4O9S. The molecule has 0 aliphatic heterocycles. The first kappa shape index (κ1) is 29.0. The van der Waals surface area contributed by atoms with Crippen LogP contribution in [0.15, 0.2) is 53.5 Å². The number of nitrogens with zero attached hydrogens (tertiary/aromatic N) is 2. The summed E-state index contributed by atoms with van der Waals surface area (Å²) in [6, 6.07) is 12.7. The lowest BCUT2D eigenvalue weighted by atomic mass is 10.1. The fourth-order valence-electron chi connectivity index (χ4n) is 2.15. The van der Waals surface area contributed by atoms with Gasteiger partial charge in [-0.05, 0) is 42.0 Å². The van der Waals surface area contributed by atoms with Crippen molar-refractivity contribution >= 4 is 39.9 Å². The Labute approximate surface area is 202 Å². The van der Waals surface area contributed by atoms with Gasteiger partial charge in [-0.1, -0.05) is 12.1 Å². The van der Waals surface area contributed by atoms with Gasteiger partial charge in [0.05, 0.1) is 24.8 Å². The molecule has 35 heavy (non-hydrogen) atoms. The lowest BCUT2D eigenvalue weighted by molar-refractivity contribution is -0.150. The van der Waals surface area contributed by atoms with Crippen molar-refractivity contribution < 1.29 is 41.0 Å². The lowest BCUT2D eigenvalue weighted by Gasteiger charge is -2.10. The van der Waals surface area contributed by atoms with Crippen molar-refractivity contribution in [3.8, 4) is 5.75 Å². The maximum atomic E-state index is 12.2. The Bertz CT molecular complexity index is 1140. The zero-order valence-electron chi connectivity index (χ0n) is 19.2. The molecule has 14 heteroatoms. The van der Waals surface area contributed by atoms with Crippen LogP contribution in [-0.4, -0.2) is 69.5 Å². The summed E-state index contributed by atoms with van der Waals surface area (Å²) in [4.78, 5) is 40.6. The molecule has 0 radical (unpaired) electrons. The number of hydrogen-bond donors (Lipinski definition) is 3. The zero-order valence-corrected chi connectivity index (χ0v) is 20.0. The molecule has 0 bridgehead atoms. The molecule has 0 saturated heterocycles. The second kappa shape index (κ2) is 13.6. The van der Waals surface area contributed by atoms with Crippen LogP contribution < -0.4 is 16.2 Å². The Hall–Kier alpha value is -4.01. The van der Waals surface area contributed by atoms with Crippen LogP contribution in [-0.2, 0) is 35.3 Å². The first-order chi connectivity index (χ1) is 16.3. The summed E-state index contributed by atoms with van der Waals surface area (Å²) in [6.07, 6.45) is 0.00118. The minimum Gasteiger partial charge on any atom is -0.455 e. The van der Waals surface area contributed by atoms with Gasteiger partial charge in [-0.2, -0.15) is 8.42 Å². The fourth-order valence-corrected chi connectivity index (χ4v) is 2.15. The zero-order chi connectivity index (χ0) is 26.6. The van der Waals surface area contributed by atoms with Crippen molar-refractivity contribution in [2.75, 3.05) is 27.8 Å². The number of nitrogens with two attached hydrogens (primary N) is 2. The summed E-state index contributed by atoms with van der Waals surface area (Å²) in [6.45, 7) is -0.302. The molecule has 0 atom stereocenters. The van der Waals surface area contributed by atoms with Gasteiger partial charge in [0.15, 0.2) is 12.6 Å². The van der Waals surface area contributed by atoms with Crippen molar-refractivity contribution in [1.29, 1.82) is 0 Å². The summed E-state index contributed by atoms with van der Waals surface area (Å²) in [5, 5.41) is 0. The third-order valence-electron chi connectivity index (χ3n) is 3.91. The van der Waals surface area contributed by atoms with Gasteiger partial charge in [0.25, 0.3) is 5.91 Å². The van der Waals surface area contributed by atoms with Crippen LogP contribution in [0.1, 0.15) is 15.9 Å². The third kappa shape index (κ3) is 12.1. The molecule has 0 heterocycles. The normalized spacial score (nSPS) is 10.3. The molecule has 0 aliphatic rings. The van der Waals surface area contributed by atoms with E-state index in [1.54, 1.807) is 62.6 Å². The number of carbonyl (C=O) groups is 3. The number of likely N-dealkylation sites (N-methyl/N-ethyl adjacent to an activating group) is 1. The number of benzene rings is 2. The quantitative estimate of drug-likeness (QED) is 0.146. The number of hydrogen-bond acceptors (Lipinski definition) is 9. The van der Waals surface area contributed by atoms with Crippen molar-refractivity contribution in [1.82, 2.24) is 4.90 Å². The molecule has 1 amide bonds. The molecule has 0 saturated carbocycles. The number of guanidine groups is 1. The average Bonchev–Trinajstić information content (AvgIpc) is 2.78. The molecule has 2 aromatic rings. The highest BCUT2D eigenvalue weighted by molar-refractivity contribution is 7.80. The maximum absolute atomic E-state index is 12.2. The topological polar surface area (TPSA) is 201 Å². The van der Waals surface area contributed by atoms with Gasteiger partial charge in [-0.25, -0.2) is 9.79 Å². The maximum Gasteiger partial charge on any atom is 0.397 e. The summed E-state index contributed by atoms with van der Waals surface area (Å²) >= 11 is 0. The van der Waals surface area contributed by atoms with E-state index in [2.05, 4.69) is 9.18 Å². The number of carbonyl (C=O) groups excluding carboxylic acids is 3. The van der Waals surface area contributed by atoms with E-state index < -0.39 is 22.3 Å². The minimum atomic E-state index is -4.16. The number of ether oxygens (including phenoxy) is 2. The van der Waals surface area contributed by atoms with Crippen molar-refractivity contribution in [3.05, 3.63) is 59.7 Å². The molecule has 0 aromatic heterocycles. The number of rotatable bonds is 8. The molecule has 2 aromatic carbocycles. The van der Waals surface area contributed by atoms with Crippen molar-refractivity contribution in [2.45, 2.75) is 6.42 Å². The smallest absolute Gasteiger partial charge is 0.397 e. The minimum absolute atomic E-state index is 0.00118. The van der Waals surface area contributed by atoms with E-state index >= 15 is 0 Å².